The van der Waals surface area contributed by atoms with E-state index in [1.807, 2.05) is 13.2 Å². The largest absolute Gasteiger partial charge is 0.314 e. The van der Waals surface area contributed by atoms with Gasteiger partial charge in [0.1, 0.15) is 5.65 Å². The van der Waals surface area contributed by atoms with E-state index in [-0.39, 0.29) is 0 Å². The van der Waals surface area contributed by atoms with Crippen LogP contribution in [0.1, 0.15) is 35.7 Å². The fraction of sp³-hybridized carbons (Fsp3) is 0.462. The third-order valence-electron chi connectivity index (χ3n) is 3.31. The second kappa shape index (κ2) is 3.59. The van der Waals surface area contributed by atoms with Crippen molar-refractivity contribution < 1.29 is 0 Å². The van der Waals surface area contributed by atoms with E-state index >= 15 is 0 Å². The van der Waals surface area contributed by atoms with E-state index in [1.165, 1.54) is 29.8 Å². The van der Waals surface area contributed by atoms with Gasteiger partial charge < -0.3 is 5.32 Å². The number of hydrogen-bond donors (Lipinski definition) is 1. The Kier molecular flexibility index (Phi) is 2.21. The van der Waals surface area contributed by atoms with Crippen LogP contribution < -0.4 is 5.32 Å². The third kappa shape index (κ3) is 1.43. The molecule has 0 unspecified atom stereocenters. The van der Waals surface area contributed by atoms with Crippen molar-refractivity contribution in [3.05, 3.63) is 35.3 Å². The van der Waals surface area contributed by atoms with E-state index < -0.39 is 0 Å². The van der Waals surface area contributed by atoms with Crippen LogP contribution >= 0.6 is 0 Å². The van der Waals surface area contributed by atoms with Crippen molar-refractivity contribution in [3.63, 3.8) is 0 Å². The fourth-order valence-corrected chi connectivity index (χ4v) is 2.43. The molecular weight excluding hydrogens is 198 g/mol. The highest BCUT2D eigenvalue weighted by atomic mass is 15.0. The van der Waals surface area contributed by atoms with Crippen molar-refractivity contribution in [2.75, 3.05) is 7.05 Å². The number of rotatable bonds is 3. The molecule has 0 amide bonds. The number of imidazole rings is 1. The lowest BCUT2D eigenvalue weighted by atomic mass is 10.1. The van der Waals surface area contributed by atoms with Gasteiger partial charge in [-0.2, -0.15) is 0 Å². The molecule has 0 bridgehead atoms. The van der Waals surface area contributed by atoms with E-state index in [0.29, 0.717) is 0 Å². The lowest BCUT2D eigenvalue weighted by molar-refractivity contribution is 0.766. The zero-order valence-corrected chi connectivity index (χ0v) is 9.83. The van der Waals surface area contributed by atoms with Gasteiger partial charge in [-0.15, -0.1) is 0 Å². The van der Waals surface area contributed by atoms with Crippen LogP contribution in [0.4, 0.5) is 0 Å². The minimum Gasteiger partial charge on any atom is -0.314 e. The quantitative estimate of drug-likeness (QED) is 0.850. The van der Waals surface area contributed by atoms with Crippen LogP contribution in [0.25, 0.3) is 5.65 Å². The Morgan fingerprint density at radius 2 is 2.25 bits per heavy atom. The van der Waals surface area contributed by atoms with Crippen molar-refractivity contribution in [2.24, 2.45) is 0 Å². The highest BCUT2D eigenvalue weighted by Gasteiger charge is 2.28. The maximum absolute atomic E-state index is 4.47. The molecule has 3 rings (SSSR count). The lowest BCUT2D eigenvalue weighted by Gasteiger charge is -2.11. The smallest absolute Gasteiger partial charge is 0.137 e. The maximum atomic E-state index is 4.47. The maximum Gasteiger partial charge on any atom is 0.137 e. The molecule has 2 aromatic rings. The Morgan fingerprint density at radius 1 is 1.44 bits per heavy atom. The summed E-state index contributed by atoms with van der Waals surface area (Å²) in [4.78, 5) is 4.47. The van der Waals surface area contributed by atoms with Crippen LogP contribution in [0.2, 0.25) is 0 Å². The van der Waals surface area contributed by atoms with Gasteiger partial charge in [-0.3, -0.25) is 4.40 Å². The van der Waals surface area contributed by atoms with Gasteiger partial charge in [-0.1, -0.05) is 6.07 Å². The standard InChI is InChI=1S/C13H17N3/c1-9-3-6-12-15-8-11(7-14-2)16(12)13(9)10-4-5-10/h3,6,8,10,14H,4-5,7H2,1-2H3. The molecule has 3 nitrogen and oxygen atoms in total. The number of nitrogens with zero attached hydrogens (tertiary/aromatic N) is 2. The van der Waals surface area contributed by atoms with Crippen LogP contribution in [0.3, 0.4) is 0 Å². The van der Waals surface area contributed by atoms with Crippen molar-refractivity contribution >= 4 is 5.65 Å². The second-order valence-electron chi connectivity index (χ2n) is 4.65. The first-order valence-electron chi connectivity index (χ1n) is 5.91. The zero-order valence-electron chi connectivity index (χ0n) is 9.83. The number of fused-ring (bicyclic) bond motifs is 1. The van der Waals surface area contributed by atoms with Gasteiger partial charge >= 0.3 is 0 Å². The van der Waals surface area contributed by atoms with Gasteiger partial charge in [0.15, 0.2) is 0 Å². The van der Waals surface area contributed by atoms with Crippen molar-refractivity contribution in [1.29, 1.82) is 0 Å². The number of pyridine rings is 1. The molecule has 0 aliphatic heterocycles. The molecule has 16 heavy (non-hydrogen) atoms. The van der Waals surface area contributed by atoms with E-state index in [0.717, 1.165) is 18.1 Å². The van der Waals surface area contributed by atoms with Crippen LogP contribution in [-0.2, 0) is 6.54 Å². The summed E-state index contributed by atoms with van der Waals surface area (Å²) in [5.74, 6) is 0.758. The number of hydrogen-bond acceptors (Lipinski definition) is 2. The molecule has 84 valence electrons. The molecule has 0 aromatic carbocycles. The van der Waals surface area contributed by atoms with Crippen LogP contribution in [0.15, 0.2) is 18.3 Å². The number of aromatic nitrogens is 2. The first kappa shape index (κ1) is 9.85. The summed E-state index contributed by atoms with van der Waals surface area (Å²) in [5.41, 5.74) is 5.21. The molecule has 1 N–H and O–H groups in total. The summed E-state index contributed by atoms with van der Waals surface area (Å²) < 4.78 is 2.34. The van der Waals surface area contributed by atoms with E-state index in [2.05, 4.69) is 33.8 Å². The van der Waals surface area contributed by atoms with Crippen molar-refractivity contribution in [3.8, 4) is 0 Å². The zero-order chi connectivity index (χ0) is 11.1. The molecule has 1 saturated carbocycles. The van der Waals surface area contributed by atoms with Crippen LogP contribution in [-0.4, -0.2) is 16.4 Å². The average Bonchev–Trinajstić information content (AvgIpc) is 3.02. The molecule has 1 aliphatic rings. The lowest BCUT2D eigenvalue weighted by Crippen LogP contribution is -2.10. The van der Waals surface area contributed by atoms with E-state index in [1.54, 1.807) is 0 Å². The average molecular weight is 215 g/mol. The van der Waals surface area contributed by atoms with Gasteiger partial charge in [0.2, 0.25) is 0 Å². The number of aryl methyl sites for hydroxylation is 1. The Morgan fingerprint density at radius 3 is 2.94 bits per heavy atom. The highest BCUT2D eigenvalue weighted by Crippen LogP contribution is 2.41. The molecular formula is C13H17N3. The summed E-state index contributed by atoms with van der Waals surface area (Å²) in [6, 6.07) is 4.31. The first-order chi connectivity index (χ1) is 7.81. The second-order valence-corrected chi connectivity index (χ2v) is 4.65. The van der Waals surface area contributed by atoms with Gasteiger partial charge in [0.05, 0.1) is 11.9 Å². The van der Waals surface area contributed by atoms with Gasteiger partial charge in [0, 0.05) is 12.2 Å². The summed E-state index contributed by atoms with van der Waals surface area (Å²) in [6.45, 7) is 3.08. The molecule has 2 heterocycles. The Labute approximate surface area is 95.5 Å². The summed E-state index contributed by atoms with van der Waals surface area (Å²) >= 11 is 0. The minimum absolute atomic E-state index is 0.758. The summed E-state index contributed by atoms with van der Waals surface area (Å²) in [5, 5.41) is 3.21. The molecule has 0 atom stereocenters. The fourth-order valence-electron chi connectivity index (χ4n) is 2.43. The Hall–Kier alpha value is -1.35. The Bertz CT molecular complexity index is 523. The monoisotopic (exact) mass is 215 g/mol. The SMILES string of the molecule is CNCc1cnc2ccc(C)c(C3CC3)n12. The van der Waals surface area contributed by atoms with Crippen LogP contribution in [0, 0.1) is 6.92 Å². The highest BCUT2D eigenvalue weighted by molar-refractivity contribution is 5.46. The predicted molar refractivity (Wildman–Crippen MR) is 64.7 cm³/mol. The predicted octanol–water partition coefficient (Wildman–Crippen LogP) is 2.24. The first-order valence-corrected chi connectivity index (χ1v) is 5.91. The molecule has 0 spiro atoms. The van der Waals surface area contributed by atoms with E-state index in [9.17, 15) is 0 Å². The summed E-state index contributed by atoms with van der Waals surface area (Å²) in [7, 11) is 1.98. The molecule has 0 radical (unpaired) electrons. The normalized spacial score (nSPS) is 15.9. The van der Waals surface area contributed by atoms with Gasteiger partial charge in [-0.25, -0.2) is 4.98 Å². The van der Waals surface area contributed by atoms with Crippen molar-refractivity contribution in [1.82, 2.24) is 14.7 Å². The molecule has 3 heteroatoms. The Balaban J connectivity index is 2.25. The molecule has 1 fully saturated rings. The van der Waals surface area contributed by atoms with Gasteiger partial charge in [0.25, 0.3) is 0 Å². The van der Waals surface area contributed by atoms with E-state index in [4.69, 9.17) is 0 Å². The molecule has 2 aromatic heterocycles. The topological polar surface area (TPSA) is 29.3 Å². The van der Waals surface area contributed by atoms with Crippen LogP contribution in [0.5, 0.6) is 0 Å². The van der Waals surface area contributed by atoms with Gasteiger partial charge in [-0.05, 0) is 44.4 Å². The minimum atomic E-state index is 0.758. The van der Waals surface area contributed by atoms with Crippen molar-refractivity contribution in [2.45, 2.75) is 32.2 Å². The summed E-state index contributed by atoms with van der Waals surface area (Å²) in [6.07, 6.45) is 4.64. The molecule has 0 saturated heterocycles. The number of nitrogens with one attached hydrogen (secondary N) is 1. The third-order valence-corrected chi connectivity index (χ3v) is 3.31. The molecule has 1 aliphatic carbocycles.